The highest BCUT2D eigenvalue weighted by Gasteiger charge is 2.24. The first kappa shape index (κ1) is 20.0. The second-order valence-corrected chi connectivity index (χ2v) is 9.16. The summed E-state index contributed by atoms with van der Waals surface area (Å²) in [4.78, 5) is 26.5. The summed E-state index contributed by atoms with van der Waals surface area (Å²) in [6.07, 6.45) is 9.99. The molecule has 0 unspecified atom stereocenters. The van der Waals surface area contributed by atoms with Gasteiger partial charge in [0.2, 0.25) is 0 Å². The molecule has 0 amide bonds. The van der Waals surface area contributed by atoms with Gasteiger partial charge in [-0.05, 0) is 56.2 Å². The van der Waals surface area contributed by atoms with Crippen molar-refractivity contribution in [2.75, 3.05) is 11.9 Å². The topological polar surface area (TPSA) is 79.9 Å². The highest BCUT2D eigenvalue weighted by atomic mass is 32.1. The summed E-state index contributed by atoms with van der Waals surface area (Å²) in [7, 11) is 0. The number of carbonyl (C=O) groups is 1. The van der Waals surface area contributed by atoms with E-state index in [1.807, 2.05) is 13.0 Å². The molecular formula is C24H26N4O2S. The van der Waals surface area contributed by atoms with Crippen LogP contribution in [0.2, 0.25) is 0 Å². The summed E-state index contributed by atoms with van der Waals surface area (Å²) in [6.45, 7) is 2.70. The number of para-hydroxylation sites is 1. The first-order valence-corrected chi connectivity index (χ1v) is 11.8. The van der Waals surface area contributed by atoms with Gasteiger partial charge in [-0.2, -0.15) is 0 Å². The molecule has 1 aliphatic carbocycles. The molecule has 1 aliphatic rings. The van der Waals surface area contributed by atoms with Crippen LogP contribution in [0.1, 0.15) is 52.9 Å². The average molecular weight is 435 g/mol. The molecule has 0 saturated heterocycles. The number of aryl methyl sites for hydroxylation is 1. The van der Waals surface area contributed by atoms with Crippen LogP contribution in [0, 0.1) is 6.92 Å². The Bertz CT molecular complexity index is 1220. The molecular weight excluding hydrogens is 408 g/mol. The zero-order valence-corrected chi connectivity index (χ0v) is 18.4. The summed E-state index contributed by atoms with van der Waals surface area (Å²) >= 11 is 1.40. The van der Waals surface area contributed by atoms with Crippen LogP contribution in [0.4, 0.5) is 5.82 Å². The summed E-state index contributed by atoms with van der Waals surface area (Å²) in [6, 6.07) is 8.32. The van der Waals surface area contributed by atoms with Crippen LogP contribution in [-0.4, -0.2) is 33.6 Å². The molecule has 5 rings (SSSR count). The first-order valence-electron chi connectivity index (χ1n) is 10.9. The van der Waals surface area contributed by atoms with Crippen molar-refractivity contribution in [2.45, 2.75) is 51.6 Å². The fourth-order valence-electron chi connectivity index (χ4n) is 4.44. The quantitative estimate of drug-likeness (QED) is 0.385. The van der Waals surface area contributed by atoms with E-state index in [0.29, 0.717) is 4.88 Å². The number of benzene rings is 1. The van der Waals surface area contributed by atoms with Crippen molar-refractivity contribution >= 4 is 44.2 Å². The molecule has 1 aromatic carbocycles. The highest BCUT2D eigenvalue weighted by Crippen LogP contribution is 2.34. The number of hydrogen-bond acceptors (Lipinski definition) is 6. The number of fused-ring (bicyclic) bond motifs is 2. The van der Waals surface area contributed by atoms with E-state index in [1.54, 1.807) is 6.33 Å². The van der Waals surface area contributed by atoms with E-state index in [1.165, 1.54) is 28.7 Å². The van der Waals surface area contributed by atoms with Gasteiger partial charge in [-0.3, -0.25) is 0 Å². The summed E-state index contributed by atoms with van der Waals surface area (Å²) in [5.74, 6) is 0.549. The Kier molecular flexibility index (Phi) is 5.59. The molecule has 6 nitrogen and oxygen atoms in total. The maximum Gasteiger partial charge on any atom is 0.348 e. The van der Waals surface area contributed by atoms with Gasteiger partial charge < -0.3 is 15.0 Å². The van der Waals surface area contributed by atoms with Crippen molar-refractivity contribution in [3.05, 3.63) is 52.8 Å². The number of anilines is 1. The van der Waals surface area contributed by atoms with Crippen LogP contribution in [-0.2, 0) is 11.2 Å². The Balaban J connectivity index is 1.32. The molecule has 3 aromatic heterocycles. The van der Waals surface area contributed by atoms with Gasteiger partial charge in [0.1, 0.15) is 28.0 Å². The lowest BCUT2D eigenvalue weighted by atomic mass is 9.98. The largest absolute Gasteiger partial charge is 0.458 e. The molecule has 0 radical (unpaired) electrons. The van der Waals surface area contributed by atoms with E-state index in [4.69, 9.17) is 4.74 Å². The predicted molar refractivity (Wildman–Crippen MR) is 125 cm³/mol. The Morgan fingerprint density at radius 2 is 2.06 bits per heavy atom. The van der Waals surface area contributed by atoms with Crippen LogP contribution in [0.3, 0.4) is 0 Å². The third-order valence-electron chi connectivity index (χ3n) is 6.10. The molecule has 2 N–H and O–H groups in total. The summed E-state index contributed by atoms with van der Waals surface area (Å²) < 4.78 is 5.80. The van der Waals surface area contributed by atoms with Crippen molar-refractivity contribution in [1.82, 2.24) is 15.0 Å². The van der Waals surface area contributed by atoms with Gasteiger partial charge >= 0.3 is 5.97 Å². The van der Waals surface area contributed by atoms with Crippen molar-refractivity contribution in [3.63, 3.8) is 0 Å². The van der Waals surface area contributed by atoms with E-state index >= 15 is 0 Å². The van der Waals surface area contributed by atoms with Crippen molar-refractivity contribution in [3.8, 4) is 0 Å². The molecule has 0 aliphatic heterocycles. The zero-order valence-electron chi connectivity index (χ0n) is 17.6. The smallest absolute Gasteiger partial charge is 0.348 e. The Morgan fingerprint density at radius 3 is 2.94 bits per heavy atom. The van der Waals surface area contributed by atoms with Gasteiger partial charge in [-0.25, -0.2) is 14.8 Å². The van der Waals surface area contributed by atoms with E-state index in [-0.39, 0.29) is 12.1 Å². The van der Waals surface area contributed by atoms with E-state index in [9.17, 15) is 4.79 Å². The normalized spacial score (nSPS) is 14.9. The lowest BCUT2D eigenvalue weighted by Crippen LogP contribution is -2.20. The Labute approximate surface area is 185 Å². The van der Waals surface area contributed by atoms with Crippen molar-refractivity contribution in [1.29, 1.82) is 0 Å². The number of rotatable bonds is 6. The summed E-state index contributed by atoms with van der Waals surface area (Å²) in [5, 5.41) is 5.62. The molecule has 7 heteroatoms. The summed E-state index contributed by atoms with van der Waals surface area (Å²) in [5.41, 5.74) is 3.32. The molecule has 1 fully saturated rings. The minimum atomic E-state index is -0.225. The molecule has 31 heavy (non-hydrogen) atoms. The molecule has 0 bridgehead atoms. The number of nitrogens with one attached hydrogen (secondary N) is 2. The number of thiophene rings is 1. The van der Waals surface area contributed by atoms with Gasteiger partial charge in [0, 0.05) is 23.6 Å². The Morgan fingerprint density at radius 1 is 1.23 bits per heavy atom. The third kappa shape index (κ3) is 4.02. The zero-order chi connectivity index (χ0) is 21.2. The SMILES string of the molecule is Cc1c(C(=O)OC2CCCCC2)sc2ncnc(NCCc3c[nH]c4ccccc34)c12. The maximum atomic E-state index is 12.8. The highest BCUT2D eigenvalue weighted by molar-refractivity contribution is 7.20. The minimum Gasteiger partial charge on any atom is -0.458 e. The number of esters is 1. The lowest BCUT2D eigenvalue weighted by molar-refractivity contribution is 0.0216. The minimum absolute atomic E-state index is 0.0470. The molecule has 3 heterocycles. The molecule has 0 spiro atoms. The van der Waals surface area contributed by atoms with Crippen molar-refractivity contribution in [2.24, 2.45) is 0 Å². The molecule has 4 aromatic rings. The van der Waals surface area contributed by atoms with Crippen LogP contribution >= 0.6 is 11.3 Å². The predicted octanol–water partition coefficient (Wildman–Crippen LogP) is 5.63. The van der Waals surface area contributed by atoms with Gasteiger partial charge in [-0.1, -0.05) is 24.6 Å². The van der Waals surface area contributed by atoms with Gasteiger partial charge in [-0.15, -0.1) is 11.3 Å². The average Bonchev–Trinajstić information content (AvgIpc) is 3.36. The van der Waals surface area contributed by atoms with E-state index in [0.717, 1.165) is 65.8 Å². The number of aromatic nitrogens is 3. The number of hydrogen-bond donors (Lipinski definition) is 2. The van der Waals surface area contributed by atoms with E-state index < -0.39 is 0 Å². The fourth-order valence-corrected chi connectivity index (χ4v) is 5.47. The van der Waals surface area contributed by atoms with Gasteiger partial charge in [0.05, 0.1) is 5.39 Å². The second-order valence-electron chi connectivity index (χ2n) is 8.16. The van der Waals surface area contributed by atoms with Crippen LogP contribution in [0.15, 0.2) is 36.8 Å². The lowest BCUT2D eigenvalue weighted by Gasteiger charge is -2.21. The van der Waals surface area contributed by atoms with Gasteiger partial charge in [0.15, 0.2) is 0 Å². The third-order valence-corrected chi connectivity index (χ3v) is 7.28. The number of nitrogens with zero attached hydrogens (tertiary/aromatic N) is 2. The second kappa shape index (κ2) is 8.67. The van der Waals surface area contributed by atoms with Crippen molar-refractivity contribution < 1.29 is 9.53 Å². The first-order chi connectivity index (χ1) is 15.2. The number of aromatic amines is 1. The molecule has 160 valence electrons. The standard InChI is InChI=1S/C24H26N4O2S/c1-15-20-22(25-12-11-16-13-26-19-10-6-5-9-18(16)19)27-14-28-23(20)31-21(15)24(29)30-17-7-3-2-4-8-17/h5-6,9-10,13-14,17,26H,2-4,7-8,11-12H2,1H3,(H,25,27,28). The van der Waals surface area contributed by atoms with Gasteiger partial charge in [0.25, 0.3) is 0 Å². The Hall–Kier alpha value is -2.93. The monoisotopic (exact) mass is 434 g/mol. The van der Waals surface area contributed by atoms with Crippen LogP contribution < -0.4 is 5.32 Å². The fraction of sp³-hybridized carbons (Fsp3) is 0.375. The van der Waals surface area contributed by atoms with Crippen LogP contribution in [0.25, 0.3) is 21.1 Å². The van der Waals surface area contributed by atoms with E-state index in [2.05, 4.69) is 44.7 Å². The number of H-pyrrole nitrogens is 1. The molecule has 0 atom stereocenters. The number of carbonyl (C=O) groups excluding carboxylic acids is 1. The molecule has 1 saturated carbocycles. The van der Waals surface area contributed by atoms with Crippen LogP contribution in [0.5, 0.6) is 0 Å². The number of ether oxygens (including phenoxy) is 1. The maximum absolute atomic E-state index is 12.8.